The van der Waals surface area contributed by atoms with Crippen LogP contribution in [0.1, 0.15) is 111 Å². The minimum absolute atomic E-state index is 0.0445. The van der Waals surface area contributed by atoms with Gasteiger partial charge in [-0.15, -0.1) is 0 Å². The number of aromatic nitrogens is 1. The molecule has 0 unspecified atom stereocenters. The number of rotatable bonds is 6. The molecule has 1 aliphatic heterocycles. The number of amides is 2. The molecule has 0 radical (unpaired) electrons. The number of hydrogen-bond donors (Lipinski definition) is 1. The number of nitrogens with zero attached hydrogens (tertiary/aromatic N) is 2. The fourth-order valence-corrected chi connectivity index (χ4v) is 5.76. The zero-order valence-corrected chi connectivity index (χ0v) is 20.7. The van der Waals surface area contributed by atoms with Gasteiger partial charge in [0.25, 0.3) is 11.8 Å². The summed E-state index contributed by atoms with van der Waals surface area (Å²) in [5.41, 5.74) is -0.293. The van der Waals surface area contributed by atoms with Gasteiger partial charge < -0.3 is 19.5 Å². The number of carbonyl (C=O) groups is 2. The third-order valence-corrected chi connectivity index (χ3v) is 7.88. The first kappa shape index (κ1) is 25.0. The van der Waals surface area contributed by atoms with Gasteiger partial charge in [-0.1, -0.05) is 51.4 Å². The molecule has 0 aromatic carbocycles. The quantitative estimate of drug-likeness (QED) is 0.672. The summed E-state index contributed by atoms with van der Waals surface area (Å²) >= 11 is 0. The lowest BCUT2D eigenvalue weighted by molar-refractivity contribution is 0.0692. The van der Waals surface area contributed by atoms with E-state index in [9.17, 15) is 14.4 Å². The van der Waals surface area contributed by atoms with Gasteiger partial charge in [0, 0.05) is 44.7 Å². The predicted octanol–water partition coefficient (Wildman–Crippen LogP) is 4.27. The van der Waals surface area contributed by atoms with E-state index in [2.05, 4.69) is 5.32 Å². The fraction of sp³-hybridized carbons (Fsp3) is 0.741. The van der Waals surface area contributed by atoms with Gasteiger partial charge in [-0.25, -0.2) is 0 Å². The van der Waals surface area contributed by atoms with Crippen molar-refractivity contribution in [1.29, 1.82) is 0 Å². The van der Waals surface area contributed by atoms with Gasteiger partial charge in [0.15, 0.2) is 0 Å². The molecule has 7 nitrogen and oxygen atoms in total. The van der Waals surface area contributed by atoms with Crippen LogP contribution in [0.15, 0.2) is 17.2 Å². The van der Waals surface area contributed by atoms with Gasteiger partial charge in [0.2, 0.25) is 5.43 Å². The van der Waals surface area contributed by atoms with Crippen LogP contribution in [0.25, 0.3) is 0 Å². The van der Waals surface area contributed by atoms with Gasteiger partial charge in [-0.05, 0) is 38.5 Å². The molecule has 34 heavy (non-hydrogen) atoms. The molecule has 1 aromatic rings. The van der Waals surface area contributed by atoms with Crippen LogP contribution in [0.5, 0.6) is 0 Å². The molecular formula is C27H41N3O4. The van der Waals surface area contributed by atoms with E-state index in [1.165, 1.54) is 25.7 Å². The molecule has 1 saturated heterocycles. The Morgan fingerprint density at radius 3 is 2.21 bits per heavy atom. The van der Waals surface area contributed by atoms with Crippen molar-refractivity contribution in [2.24, 2.45) is 0 Å². The number of hydrogen-bond acceptors (Lipinski definition) is 4. The van der Waals surface area contributed by atoms with Crippen molar-refractivity contribution >= 4 is 11.8 Å². The molecule has 7 heteroatoms. The van der Waals surface area contributed by atoms with E-state index in [4.69, 9.17) is 4.74 Å². The monoisotopic (exact) mass is 471 g/mol. The second-order valence-electron chi connectivity index (χ2n) is 10.5. The molecular weight excluding hydrogens is 430 g/mol. The van der Waals surface area contributed by atoms with E-state index in [1.54, 1.807) is 24.3 Å². The van der Waals surface area contributed by atoms with Crippen molar-refractivity contribution in [3.05, 3.63) is 33.7 Å². The highest BCUT2D eigenvalue weighted by Crippen LogP contribution is 2.23. The van der Waals surface area contributed by atoms with Crippen LogP contribution < -0.4 is 10.7 Å². The molecule has 4 rings (SSSR count). The Kier molecular flexibility index (Phi) is 8.81. The summed E-state index contributed by atoms with van der Waals surface area (Å²) in [6.07, 6.45) is 18.3. The molecule has 2 saturated carbocycles. The zero-order chi connectivity index (χ0) is 23.9. The minimum Gasteiger partial charge on any atom is -0.376 e. The summed E-state index contributed by atoms with van der Waals surface area (Å²) in [5.74, 6) is -0.634. The molecule has 2 aliphatic carbocycles. The van der Waals surface area contributed by atoms with Crippen LogP contribution in [-0.4, -0.2) is 53.1 Å². The summed E-state index contributed by atoms with van der Waals surface area (Å²) in [5, 5.41) is 3.11. The van der Waals surface area contributed by atoms with Gasteiger partial charge >= 0.3 is 0 Å². The Hall–Kier alpha value is -2.15. The van der Waals surface area contributed by atoms with Crippen molar-refractivity contribution < 1.29 is 14.3 Å². The van der Waals surface area contributed by atoms with Gasteiger partial charge in [-0.2, -0.15) is 0 Å². The van der Waals surface area contributed by atoms with Crippen LogP contribution >= 0.6 is 0 Å². The molecule has 3 fully saturated rings. The average Bonchev–Trinajstić information content (AvgIpc) is 3.34. The smallest absolute Gasteiger partial charge is 0.259 e. The average molecular weight is 472 g/mol. The fourth-order valence-electron chi connectivity index (χ4n) is 5.76. The van der Waals surface area contributed by atoms with Gasteiger partial charge in [0.05, 0.1) is 6.10 Å². The SMILES string of the molecule is CN(C(=O)c1cn(C[C@H]2CCCO2)cc(C(=O)NC2CCCCCCC2)c1=O)C1CCCCC1. The third-order valence-electron chi connectivity index (χ3n) is 7.88. The topological polar surface area (TPSA) is 80.6 Å². The lowest BCUT2D eigenvalue weighted by atomic mass is 9.94. The number of ether oxygens (including phenoxy) is 1. The molecule has 1 atom stereocenters. The number of nitrogens with one attached hydrogen (secondary N) is 1. The third kappa shape index (κ3) is 6.29. The van der Waals surface area contributed by atoms with Crippen molar-refractivity contribution in [2.75, 3.05) is 13.7 Å². The molecule has 2 heterocycles. The summed E-state index contributed by atoms with van der Waals surface area (Å²) in [6.45, 7) is 1.27. The Morgan fingerprint density at radius 1 is 0.912 bits per heavy atom. The second-order valence-corrected chi connectivity index (χ2v) is 10.5. The Labute approximate surface area is 203 Å². The molecule has 0 spiro atoms. The highest BCUT2D eigenvalue weighted by atomic mass is 16.5. The number of pyridine rings is 1. The van der Waals surface area contributed by atoms with Crippen LogP contribution in [0.3, 0.4) is 0 Å². The first-order valence-electron chi connectivity index (χ1n) is 13.5. The first-order chi connectivity index (χ1) is 16.5. The summed E-state index contributed by atoms with van der Waals surface area (Å²) < 4.78 is 7.61. The summed E-state index contributed by atoms with van der Waals surface area (Å²) in [7, 11) is 1.80. The van der Waals surface area contributed by atoms with E-state index in [-0.39, 0.29) is 41.1 Å². The highest BCUT2D eigenvalue weighted by Gasteiger charge is 2.28. The highest BCUT2D eigenvalue weighted by molar-refractivity contribution is 5.99. The molecule has 0 bridgehead atoms. The van der Waals surface area contributed by atoms with E-state index < -0.39 is 5.43 Å². The molecule has 1 aromatic heterocycles. The maximum absolute atomic E-state index is 13.5. The van der Waals surface area contributed by atoms with Crippen molar-refractivity contribution in [1.82, 2.24) is 14.8 Å². The van der Waals surface area contributed by atoms with Gasteiger partial charge in [-0.3, -0.25) is 14.4 Å². The minimum atomic E-state index is -0.459. The maximum Gasteiger partial charge on any atom is 0.259 e. The largest absolute Gasteiger partial charge is 0.376 e. The number of carbonyl (C=O) groups excluding carboxylic acids is 2. The zero-order valence-electron chi connectivity index (χ0n) is 20.7. The van der Waals surface area contributed by atoms with Crippen LogP contribution in [-0.2, 0) is 11.3 Å². The van der Waals surface area contributed by atoms with Crippen LogP contribution in [0.2, 0.25) is 0 Å². The standard InChI is InChI=1S/C27H41N3O4/c1-29(21-13-8-5-9-14-21)27(33)24-19-30(17-22-15-10-16-34-22)18-23(25(24)31)26(32)28-20-11-6-3-2-4-7-12-20/h18-22H,2-17H2,1H3,(H,28,32)/t22-/m1/s1. The molecule has 3 aliphatic rings. The first-order valence-corrected chi connectivity index (χ1v) is 13.5. The molecule has 1 N–H and O–H groups in total. The Balaban J connectivity index is 1.59. The molecule has 2 amide bonds. The van der Waals surface area contributed by atoms with E-state index in [0.29, 0.717) is 6.54 Å². The van der Waals surface area contributed by atoms with Crippen LogP contribution in [0, 0.1) is 0 Å². The Bertz CT molecular complexity index is 892. The normalized spacial score (nSPS) is 22.7. The summed E-state index contributed by atoms with van der Waals surface area (Å²) in [4.78, 5) is 41.9. The summed E-state index contributed by atoms with van der Waals surface area (Å²) in [6, 6.07) is 0.239. The second kappa shape index (κ2) is 12.0. The van der Waals surface area contributed by atoms with E-state index in [1.807, 2.05) is 4.57 Å². The van der Waals surface area contributed by atoms with Crippen LogP contribution in [0.4, 0.5) is 0 Å². The molecule has 188 valence electrons. The van der Waals surface area contributed by atoms with E-state index in [0.717, 1.165) is 70.8 Å². The predicted molar refractivity (Wildman–Crippen MR) is 132 cm³/mol. The van der Waals surface area contributed by atoms with Crippen molar-refractivity contribution in [3.63, 3.8) is 0 Å². The van der Waals surface area contributed by atoms with Crippen molar-refractivity contribution in [2.45, 2.75) is 115 Å². The lowest BCUT2D eigenvalue weighted by Crippen LogP contribution is -2.43. The van der Waals surface area contributed by atoms with E-state index >= 15 is 0 Å². The van der Waals surface area contributed by atoms with Gasteiger partial charge in [0.1, 0.15) is 11.1 Å². The van der Waals surface area contributed by atoms with Crippen molar-refractivity contribution in [3.8, 4) is 0 Å². The Morgan fingerprint density at radius 2 is 1.53 bits per heavy atom. The lowest BCUT2D eigenvalue weighted by Gasteiger charge is -2.31. The maximum atomic E-state index is 13.5.